The number of anilines is 1. The van der Waals surface area contributed by atoms with Gasteiger partial charge >= 0.3 is 0 Å². The Bertz CT molecular complexity index is 614. The Morgan fingerprint density at radius 2 is 1.65 bits per heavy atom. The molecule has 104 valence electrons. The minimum atomic E-state index is -0.130. The number of carbonyl (C=O) groups excluding carboxylic acids is 1. The second kappa shape index (κ2) is 6.34. The highest BCUT2D eigenvalue weighted by Crippen LogP contribution is 2.34. The Kier molecular flexibility index (Phi) is 4.53. The molecule has 0 spiro atoms. The van der Waals surface area contributed by atoms with Crippen molar-refractivity contribution in [3.05, 3.63) is 48.0 Å². The van der Waals surface area contributed by atoms with Crippen molar-refractivity contribution in [2.24, 2.45) is 0 Å². The third-order valence-electron chi connectivity index (χ3n) is 2.73. The van der Waals surface area contributed by atoms with Crippen LogP contribution in [0.4, 0.5) is 5.69 Å². The maximum atomic E-state index is 12.3. The molecule has 0 aliphatic carbocycles. The summed E-state index contributed by atoms with van der Waals surface area (Å²) >= 11 is 1.13. The summed E-state index contributed by atoms with van der Waals surface area (Å²) in [5.41, 5.74) is 6.69. The number of rotatable bonds is 4. The summed E-state index contributed by atoms with van der Waals surface area (Å²) in [5, 5.41) is -0.130. The lowest BCUT2D eigenvalue weighted by Crippen LogP contribution is -2.02. The highest BCUT2D eigenvalue weighted by Gasteiger charge is 2.16. The van der Waals surface area contributed by atoms with E-state index < -0.39 is 0 Å². The number of nitrogens with two attached hydrogens (primary N) is 1. The predicted molar refractivity (Wildman–Crippen MR) is 80.6 cm³/mol. The first-order valence-corrected chi connectivity index (χ1v) is 6.76. The quantitative estimate of drug-likeness (QED) is 0.691. The molecule has 0 atom stereocenters. The summed E-state index contributed by atoms with van der Waals surface area (Å²) in [4.78, 5) is 13.2. The molecule has 0 saturated heterocycles. The highest BCUT2D eigenvalue weighted by atomic mass is 32.2. The van der Waals surface area contributed by atoms with Crippen molar-refractivity contribution < 1.29 is 14.3 Å². The molecule has 2 aromatic carbocycles. The van der Waals surface area contributed by atoms with E-state index in [1.165, 1.54) is 14.2 Å². The van der Waals surface area contributed by atoms with Gasteiger partial charge in [0, 0.05) is 16.6 Å². The molecule has 0 aliphatic rings. The Labute approximate surface area is 121 Å². The number of methoxy groups -OCH3 is 2. The zero-order valence-electron chi connectivity index (χ0n) is 11.3. The summed E-state index contributed by atoms with van der Waals surface area (Å²) < 4.78 is 10.3. The average Bonchev–Trinajstić information content (AvgIpc) is 2.47. The molecule has 0 fully saturated rings. The minimum Gasteiger partial charge on any atom is -0.493 e. The number of carbonyl (C=O) groups is 1. The Morgan fingerprint density at radius 3 is 2.25 bits per heavy atom. The van der Waals surface area contributed by atoms with Crippen LogP contribution in [-0.4, -0.2) is 19.3 Å². The van der Waals surface area contributed by atoms with Crippen LogP contribution >= 0.6 is 11.8 Å². The lowest BCUT2D eigenvalue weighted by atomic mass is 10.1. The number of ether oxygens (including phenoxy) is 2. The van der Waals surface area contributed by atoms with Crippen molar-refractivity contribution in [1.29, 1.82) is 0 Å². The van der Waals surface area contributed by atoms with Crippen molar-refractivity contribution in [2.45, 2.75) is 4.90 Å². The zero-order valence-corrected chi connectivity index (χ0v) is 12.1. The van der Waals surface area contributed by atoms with Gasteiger partial charge in [-0.25, -0.2) is 0 Å². The van der Waals surface area contributed by atoms with Crippen LogP contribution in [0.15, 0.2) is 47.4 Å². The minimum absolute atomic E-state index is 0.130. The third kappa shape index (κ3) is 3.05. The monoisotopic (exact) mass is 289 g/mol. The van der Waals surface area contributed by atoms with E-state index in [1.54, 1.807) is 12.1 Å². The topological polar surface area (TPSA) is 61.5 Å². The van der Waals surface area contributed by atoms with Gasteiger partial charge < -0.3 is 15.2 Å². The van der Waals surface area contributed by atoms with Gasteiger partial charge in [0.1, 0.15) is 0 Å². The predicted octanol–water partition coefficient (Wildman–Crippen LogP) is 3.22. The van der Waals surface area contributed by atoms with Gasteiger partial charge in [0.15, 0.2) is 11.5 Å². The second-order valence-electron chi connectivity index (χ2n) is 4.00. The number of thioether (sulfide) groups is 1. The smallest absolute Gasteiger partial charge is 0.226 e. The van der Waals surface area contributed by atoms with Crippen molar-refractivity contribution >= 4 is 22.6 Å². The van der Waals surface area contributed by atoms with Crippen molar-refractivity contribution in [3.63, 3.8) is 0 Å². The van der Waals surface area contributed by atoms with E-state index in [1.807, 2.05) is 30.3 Å². The number of benzene rings is 2. The van der Waals surface area contributed by atoms with Gasteiger partial charge in [-0.15, -0.1) is 0 Å². The molecule has 0 amide bonds. The lowest BCUT2D eigenvalue weighted by Gasteiger charge is -2.11. The first-order chi connectivity index (χ1) is 9.65. The van der Waals surface area contributed by atoms with Crippen LogP contribution in [0.5, 0.6) is 11.5 Å². The van der Waals surface area contributed by atoms with Crippen LogP contribution in [0.3, 0.4) is 0 Å². The summed E-state index contributed by atoms with van der Waals surface area (Å²) in [6.45, 7) is 0. The number of hydrogen-bond acceptors (Lipinski definition) is 5. The second-order valence-corrected chi connectivity index (χ2v) is 5.04. The molecule has 20 heavy (non-hydrogen) atoms. The van der Waals surface area contributed by atoms with E-state index in [-0.39, 0.29) is 5.12 Å². The van der Waals surface area contributed by atoms with Crippen LogP contribution in [0.2, 0.25) is 0 Å². The molecule has 0 aromatic heterocycles. The van der Waals surface area contributed by atoms with Crippen molar-refractivity contribution in [3.8, 4) is 11.5 Å². The van der Waals surface area contributed by atoms with Gasteiger partial charge in [-0.2, -0.15) is 0 Å². The molecule has 0 heterocycles. The van der Waals surface area contributed by atoms with E-state index in [0.29, 0.717) is 22.7 Å². The average molecular weight is 289 g/mol. The molecule has 5 heteroatoms. The fraction of sp³-hybridized carbons (Fsp3) is 0.133. The molecule has 2 rings (SSSR count). The molecular weight excluding hydrogens is 274 g/mol. The molecule has 2 N–H and O–H groups in total. The van der Waals surface area contributed by atoms with Crippen LogP contribution < -0.4 is 15.2 Å². The molecule has 0 saturated carbocycles. The molecule has 0 radical (unpaired) electrons. The zero-order chi connectivity index (χ0) is 14.5. The van der Waals surface area contributed by atoms with Crippen LogP contribution in [-0.2, 0) is 0 Å². The van der Waals surface area contributed by atoms with E-state index in [9.17, 15) is 4.79 Å². The summed E-state index contributed by atoms with van der Waals surface area (Å²) in [7, 11) is 3.05. The molecular formula is C15H15NO3S. The molecule has 0 aliphatic heterocycles. The van der Waals surface area contributed by atoms with E-state index in [4.69, 9.17) is 15.2 Å². The van der Waals surface area contributed by atoms with Crippen LogP contribution in [0, 0.1) is 0 Å². The van der Waals surface area contributed by atoms with Crippen molar-refractivity contribution in [2.75, 3.05) is 20.0 Å². The van der Waals surface area contributed by atoms with E-state index >= 15 is 0 Å². The van der Waals surface area contributed by atoms with Gasteiger partial charge in [0.25, 0.3) is 0 Å². The maximum Gasteiger partial charge on any atom is 0.226 e. The number of hydrogen-bond donors (Lipinski definition) is 1. The van der Waals surface area contributed by atoms with Crippen LogP contribution in [0.1, 0.15) is 10.4 Å². The lowest BCUT2D eigenvalue weighted by molar-refractivity contribution is 0.108. The highest BCUT2D eigenvalue weighted by molar-refractivity contribution is 8.14. The van der Waals surface area contributed by atoms with Crippen LogP contribution in [0.25, 0.3) is 0 Å². The molecule has 0 unspecified atom stereocenters. The molecule has 2 aromatic rings. The first-order valence-electron chi connectivity index (χ1n) is 5.94. The summed E-state index contributed by atoms with van der Waals surface area (Å²) in [6.07, 6.45) is 0. The normalized spacial score (nSPS) is 10.1. The summed E-state index contributed by atoms with van der Waals surface area (Å²) in [6, 6.07) is 12.6. The van der Waals surface area contributed by atoms with Crippen molar-refractivity contribution in [1.82, 2.24) is 0 Å². The molecule has 0 bridgehead atoms. The standard InChI is InChI=1S/C15H15NO3S/c1-18-13-8-11(12(16)9-14(13)19-2)15(17)20-10-6-4-3-5-7-10/h3-9H,16H2,1-2H3. The van der Waals surface area contributed by atoms with E-state index in [2.05, 4.69) is 0 Å². The first kappa shape index (κ1) is 14.3. The fourth-order valence-corrected chi connectivity index (χ4v) is 2.52. The Hall–Kier alpha value is -2.14. The number of nitrogen functional groups attached to an aromatic ring is 1. The Morgan fingerprint density at radius 1 is 1.05 bits per heavy atom. The van der Waals surface area contributed by atoms with E-state index in [0.717, 1.165) is 16.7 Å². The van der Waals surface area contributed by atoms with Gasteiger partial charge in [0.05, 0.1) is 19.8 Å². The van der Waals surface area contributed by atoms with Gasteiger partial charge in [-0.1, -0.05) is 18.2 Å². The molecule has 4 nitrogen and oxygen atoms in total. The van der Waals surface area contributed by atoms with Gasteiger partial charge in [-0.3, -0.25) is 4.79 Å². The maximum absolute atomic E-state index is 12.3. The van der Waals surface area contributed by atoms with Gasteiger partial charge in [-0.05, 0) is 30.0 Å². The fourth-order valence-electron chi connectivity index (χ4n) is 1.72. The Balaban J connectivity index is 2.30. The SMILES string of the molecule is COc1cc(N)c(C(=O)Sc2ccccc2)cc1OC. The van der Waals surface area contributed by atoms with Gasteiger partial charge in [0.2, 0.25) is 5.12 Å². The summed E-state index contributed by atoms with van der Waals surface area (Å²) in [5.74, 6) is 0.991. The largest absolute Gasteiger partial charge is 0.493 e. The third-order valence-corrected chi connectivity index (χ3v) is 3.64.